The van der Waals surface area contributed by atoms with Gasteiger partial charge in [-0.25, -0.2) is 0 Å². The van der Waals surface area contributed by atoms with E-state index in [9.17, 15) is 0 Å². The van der Waals surface area contributed by atoms with Crippen molar-refractivity contribution in [1.82, 2.24) is 4.90 Å². The fraction of sp³-hybridized carbons (Fsp3) is 1.00. The summed E-state index contributed by atoms with van der Waals surface area (Å²) in [4.78, 5) is 2.70. The van der Waals surface area contributed by atoms with Gasteiger partial charge >= 0.3 is 0 Å². The van der Waals surface area contributed by atoms with Crippen LogP contribution >= 0.6 is 0 Å². The molecule has 0 aromatic heterocycles. The molecule has 0 aromatic rings. The molecule has 2 saturated carbocycles. The Morgan fingerprint density at radius 1 is 1.18 bits per heavy atom. The summed E-state index contributed by atoms with van der Waals surface area (Å²) in [5.41, 5.74) is 6.55. The lowest BCUT2D eigenvalue weighted by Crippen LogP contribution is -2.47. The maximum atomic E-state index is 6.11. The lowest BCUT2D eigenvalue weighted by Gasteiger charge is -2.42. The molecular weight excluding hydrogens is 208 g/mol. The minimum Gasteiger partial charge on any atom is -0.330 e. The van der Waals surface area contributed by atoms with Crippen LogP contribution in [0.3, 0.4) is 0 Å². The van der Waals surface area contributed by atoms with Gasteiger partial charge in [0.2, 0.25) is 0 Å². The summed E-state index contributed by atoms with van der Waals surface area (Å²) in [5.74, 6) is 0.996. The van der Waals surface area contributed by atoms with Gasteiger partial charge in [-0.15, -0.1) is 0 Å². The molecule has 100 valence electrons. The standard InChI is InChI=1S/C15H30N2/c1-13(2)17(10-14-6-7-14)12-15(11-16)8-4-3-5-9-15/h13-14H,3-12,16H2,1-2H3. The third-order valence-corrected chi connectivity index (χ3v) is 4.81. The van der Waals surface area contributed by atoms with Crippen LogP contribution in [0.5, 0.6) is 0 Å². The predicted octanol–water partition coefficient (Wildman–Crippen LogP) is 3.02. The molecule has 2 aliphatic carbocycles. The second-order valence-electron chi connectivity index (χ2n) is 6.73. The Kier molecular flexibility index (Phi) is 4.48. The van der Waals surface area contributed by atoms with Gasteiger partial charge in [0.1, 0.15) is 0 Å². The van der Waals surface area contributed by atoms with Gasteiger partial charge in [0.15, 0.2) is 0 Å². The maximum Gasteiger partial charge on any atom is 0.00529 e. The van der Waals surface area contributed by atoms with E-state index in [4.69, 9.17) is 5.73 Å². The van der Waals surface area contributed by atoms with Gasteiger partial charge in [0.05, 0.1) is 0 Å². The van der Waals surface area contributed by atoms with Crippen LogP contribution in [-0.4, -0.2) is 30.6 Å². The molecule has 0 amide bonds. The number of nitrogens with two attached hydrogens (primary N) is 1. The second kappa shape index (κ2) is 5.71. The minimum atomic E-state index is 0.442. The highest BCUT2D eigenvalue weighted by molar-refractivity contribution is 4.89. The van der Waals surface area contributed by atoms with E-state index in [-0.39, 0.29) is 0 Å². The van der Waals surface area contributed by atoms with Crippen LogP contribution in [0.1, 0.15) is 58.8 Å². The average molecular weight is 238 g/mol. The van der Waals surface area contributed by atoms with Crippen molar-refractivity contribution in [3.63, 3.8) is 0 Å². The third-order valence-electron chi connectivity index (χ3n) is 4.81. The molecule has 17 heavy (non-hydrogen) atoms. The van der Waals surface area contributed by atoms with Gasteiger partial charge in [0.25, 0.3) is 0 Å². The Labute approximate surface area is 107 Å². The zero-order valence-electron chi connectivity index (χ0n) is 11.8. The van der Waals surface area contributed by atoms with E-state index < -0.39 is 0 Å². The SMILES string of the molecule is CC(C)N(CC1CC1)CC1(CN)CCCCC1. The molecule has 0 bridgehead atoms. The van der Waals surface area contributed by atoms with Crippen LogP contribution in [0.4, 0.5) is 0 Å². The van der Waals surface area contributed by atoms with Gasteiger partial charge < -0.3 is 10.6 Å². The van der Waals surface area contributed by atoms with E-state index in [1.54, 1.807) is 0 Å². The molecule has 2 rings (SSSR count). The van der Waals surface area contributed by atoms with Crippen LogP contribution in [0.2, 0.25) is 0 Å². The molecular formula is C15H30N2. The minimum absolute atomic E-state index is 0.442. The monoisotopic (exact) mass is 238 g/mol. The largest absolute Gasteiger partial charge is 0.330 e. The molecule has 0 saturated heterocycles. The van der Waals surface area contributed by atoms with Gasteiger partial charge in [-0.2, -0.15) is 0 Å². The Morgan fingerprint density at radius 3 is 2.29 bits per heavy atom. The third kappa shape index (κ3) is 3.69. The Hall–Kier alpha value is -0.0800. The first-order valence-corrected chi connectivity index (χ1v) is 7.59. The summed E-state index contributed by atoms with van der Waals surface area (Å²) in [6.45, 7) is 8.14. The average Bonchev–Trinajstić information content (AvgIpc) is 3.13. The molecule has 0 radical (unpaired) electrons. The second-order valence-corrected chi connectivity index (χ2v) is 6.73. The highest BCUT2D eigenvalue weighted by atomic mass is 15.2. The molecule has 0 atom stereocenters. The van der Waals surface area contributed by atoms with Crippen LogP contribution in [0.25, 0.3) is 0 Å². The van der Waals surface area contributed by atoms with Crippen molar-refractivity contribution in [2.45, 2.75) is 64.8 Å². The number of hydrogen-bond acceptors (Lipinski definition) is 2. The van der Waals surface area contributed by atoms with Crippen LogP contribution < -0.4 is 5.73 Å². The molecule has 0 spiro atoms. The molecule has 2 heteroatoms. The topological polar surface area (TPSA) is 29.3 Å². The summed E-state index contributed by atoms with van der Waals surface area (Å²) in [6, 6.07) is 0.681. The van der Waals surface area contributed by atoms with Crippen molar-refractivity contribution in [2.24, 2.45) is 17.1 Å². The van der Waals surface area contributed by atoms with Crippen LogP contribution in [0, 0.1) is 11.3 Å². The Balaban J connectivity index is 1.93. The number of rotatable bonds is 6. The first-order chi connectivity index (χ1) is 8.15. The van der Waals surface area contributed by atoms with Gasteiger partial charge in [-0.05, 0) is 57.4 Å². The molecule has 2 N–H and O–H groups in total. The molecule has 0 heterocycles. The van der Waals surface area contributed by atoms with Crippen molar-refractivity contribution >= 4 is 0 Å². The molecule has 2 nitrogen and oxygen atoms in total. The summed E-state index contributed by atoms with van der Waals surface area (Å²) >= 11 is 0. The Morgan fingerprint density at radius 2 is 1.82 bits per heavy atom. The van der Waals surface area contributed by atoms with Crippen molar-refractivity contribution in [2.75, 3.05) is 19.6 Å². The zero-order valence-corrected chi connectivity index (χ0v) is 11.8. The predicted molar refractivity (Wildman–Crippen MR) is 74.0 cm³/mol. The lowest BCUT2D eigenvalue weighted by atomic mass is 9.73. The highest BCUT2D eigenvalue weighted by Gasteiger charge is 2.35. The number of nitrogens with zero attached hydrogens (tertiary/aromatic N) is 1. The Bertz CT molecular complexity index is 227. The summed E-state index contributed by atoms with van der Waals surface area (Å²) in [7, 11) is 0. The van der Waals surface area contributed by atoms with E-state index in [1.807, 2.05) is 0 Å². The molecule has 2 fully saturated rings. The highest BCUT2D eigenvalue weighted by Crippen LogP contribution is 2.38. The quantitative estimate of drug-likeness (QED) is 0.771. The van der Waals surface area contributed by atoms with Crippen LogP contribution in [0.15, 0.2) is 0 Å². The van der Waals surface area contributed by atoms with Crippen LogP contribution in [-0.2, 0) is 0 Å². The van der Waals surface area contributed by atoms with Gasteiger partial charge in [-0.1, -0.05) is 19.3 Å². The smallest absolute Gasteiger partial charge is 0.00529 e. The molecule has 2 aliphatic rings. The summed E-state index contributed by atoms with van der Waals surface area (Å²) in [5, 5.41) is 0. The zero-order chi connectivity index (χ0) is 12.3. The number of hydrogen-bond donors (Lipinski definition) is 1. The molecule has 0 aromatic carbocycles. The fourth-order valence-corrected chi connectivity index (χ4v) is 3.25. The first kappa shape index (κ1) is 13.4. The molecule has 0 unspecified atom stereocenters. The normalized spacial score (nSPS) is 24.5. The van der Waals surface area contributed by atoms with Crippen molar-refractivity contribution in [3.05, 3.63) is 0 Å². The fourth-order valence-electron chi connectivity index (χ4n) is 3.25. The van der Waals surface area contributed by atoms with E-state index in [2.05, 4.69) is 18.7 Å². The van der Waals surface area contributed by atoms with Gasteiger partial charge in [-0.3, -0.25) is 0 Å². The lowest BCUT2D eigenvalue weighted by molar-refractivity contribution is 0.0874. The van der Waals surface area contributed by atoms with E-state index in [0.29, 0.717) is 11.5 Å². The molecule has 0 aliphatic heterocycles. The van der Waals surface area contributed by atoms with Gasteiger partial charge in [0, 0.05) is 19.1 Å². The summed E-state index contributed by atoms with van der Waals surface area (Å²) < 4.78 is 0. The summed E-state index contributed by atoms with van der Waals surface area (Å²) in [6.07, 6.45) is 9.84. The van der Waals surface area contributed by atoms with E-state index in [0.717, 1.165) is 12.5 Å². The van der Waals surface area contributed by atoms with Crippen molar-refractivity contribution in [3.8, 4) is 0 Å². The maximum absolute atomic E-state index is 6.11. The van der Waals surface area contributed by atoms with Crippen molar-refractivity contribution in [1.29, 1.82) is 0 Å². The first-order valence-electron chi connectivity index (χ1n) is 7.59. The van der Waals surface area contributed by atoms with E-state index in [1.165, 1.54) is 58.0 Å². The van der Waals surface area contributed by atoms with E-state index >= 15 is 0 Å². The van der Waals surface area contributed by atoms with Crippen molar-refractivity contribution < 1.29 is 0 Å².